The van der Waals surface area contributed by atoms with E-state index >= 15 is 0 Å². The highest BCUT2D eigenvalue weighted by atomic mass is 35.5. The second-order valence-corrected chi connectivity index (χ2v) is 5.70. The molecule has 20 heavy (non-hydrogen) atoms. The monoisotopic (exact) mass is 295 g/mol. The molecule has 1 saturated heterocycles. The molecule has 4 nitrogen and oxygen atoms in total. The number of hydrogen-bond acceptors (Lipinski definition) is 3. The summed E-state index contributed by atoms with van der Waals surface area (Å²) < 4.78 is 0. The van der Waals surface area contributed by atoms with Gasteiger partial charge in [0.15, 0.2) is 0 Å². The molecule has 1 unspecified atom stereocenters. The van der Waals surface area contributed by atoms with Crippen molar-refractivity contribution in [3.63, 3.8) is 0 Å². The number of piperazine rings is 1. The molecule has 1 amide bonds. The molecule has 0 bridgehead atoms. The number of carbonyl (C=O) groups excluding carboxylic acids is 1. The molecule has 2 N–H and O–H groups in total. The fourth-order valence-corrected chi connectivity index (χ4v) is 2.65. The number of amides is 1. The Morgan fingerprint density at radius 1 is 1.40 bits per heavy atom. The number of nitrogens with one attached hydrogen (secondary N) is 2. The molecule has 1 aliphatic rings. The van der Waals surface area contributed by atoms with Crippen LogP contribution in [0.25, 0.3) is 0 Å². The van der Waals surface area contributed by atoms with E-state index in [0.717, 1.165) is 43.2 Å². The fraction of sp³-hybridized carbons (Fsp3) is 0.533. The van der Waals surface area contributed by atoms with E-state index < -0.39 is 0 Å². The summed E-state index contributed by atoms with van der Waals surface area (Å²) in [5.74, 6) is 0.0893. The highest BCUT2D eigenvalue weighted by Crippen LogP contribution is 2.16. The Morgan fingerprint density at radius 2 is 2.10 bits per heavy atom. The molecular weight excluding hydrogens is 274 g/mol. The fourth-order valence-electron chi connectivity index (χ4n) is 2.44. The summed E-state index contributed by atoms with van der Waals surface area (Å²) in [7, 11) is 0. The number of benzene rings is 1. The summed E-state index contributed by atoms with van der Waals surface area (Å²) in [6.45, 7) is 6.29. The van der Waals surface area contributed by atoms with Gasteiger partial charge < -0.3 is 10.6 Å². The largest absolute Gasteiger partial charge is 0.352 e. The van der Waals surface area contributed by atoms with E-state index in [2.05, 4.69) is 15.5 Å². The average Bonchev–Trinajstić information content (AvgIpc) is 2.42. The van der Waals surface area contributed by atoms with Crippen molar-refractivity contribution < 1.29 is 4.79 Å². The molecule has 1 atom stereocenters. The van der Waals surface area contributed by atoms with Gasteiger partial charge in [-0.05, 0) is 25.0 Å². The highest BCUT2D eigenvalue weighted by molar-refractivity contribution is 6.31. The minimum atomic E-state index is 0.0883. The van der Waals surface area contributed by atoms with Crippen LogP contribution < -0.4 is 10.6 Å². The Hall–Kier alpha value is -1.10. The van der Waals surface area contributed by atoms with Crippen molar-refractivity contribution in [3.05, 3.63) is 34.9 Å². The lowest BCUT2D eigenvalue weighted by molar-refractivity contribution is -0.122. The standard InChI is InChI=1S/C15H22ClN3O/c1-12(10-13-4-2-3-5-14(13)16)18-15(20)11-19-8-6-17-7-9-19/h2-5,12,17H,6-11H2,1H3,(H,18,20). The average molecular weight is 296 g/mol. The molecule has 0 aliphatic carbocycles. The molecule has 0 spiro atoms. The van der Waals surface area contributed by atoms with Crippen molar-refractivity contribution in [1.82, 2.24) is 15.5 Å². The second-order valence-electron chi connectivity index (χ2n) is 5.29. The minimum absolute atomic E-state index is 0.0883. The lowest BCUT2D eigenvalue weighted by atomic mass is 10.1. The van der Waals surface area contributed by atoms with Crippen molar-refractivity contribution in [2.24, 2.45) is 0 Å². The van der Waals surface area contributed by atoms with Gasteiger partial charge in [0, 0.05) is 37.2 Å². The van der Waals surface area contributed by atoms with Gasteiger partial charge in [0.1, 0.15) is 0 Å². The van der Waals surface area contributed by atoms with Crippen molar-refractivity contribution in [2.75, 3.05) is 32.7 Å². The summed E-state index contributed by atoms with van der Waals surface area (Å²) in [6.07, 6.45) is 0.757. The van der Waals surface area contributed by atoms with Gasteiger partial charge >= 0.3 is 0 Å². The molecule has 110 valence electrons. The molecule has 0 aromatic heterocycles. The van der Waals surface area contributed by atoms with Crippen LogP contribution in [-0.4, -0.2) is 49.6 Å². The third-order valence-corrected chi connectivity index (χ3v) is 3.84. The van der Waals surface area contributed by atoms with Gasteiger partial charge in [-0.15, -0.1) is 0 Å². The maximum Gasteiger partial charge on any atom is 0.234 e. The van der Waals surface area contributed by atoms with Crippen LogP contribution in [0.3, 0.4) is 0 Å². The van der Waals surface area contributed by atoms with Gasteiger partial charge in [-0.1, -0.05) is 29.8 Å². The zero-order chi connectivity index (χ0) is 14.4. The number of hydrogen-bond donors (Lipinski definition) is 2. The second kappa shape index (κ2) is 7.62. The van der Waals surface area contributed by atoms with Gasteiger partial charge in [-0.25, -0.2) is 0 Å². The molecule has 1 aliphatic heterocycles. The van der Waals surface area contributed by atoms with Crippen LogP contribution in [0, 0.1) is 0 Å². The van der Waals surface area contributed by atoms with E-state index in [1.807, 2.05) is 31.2 Å². The zero-order valence-corrected chi connectivity index (χ0v) is 12.6. The number of halogens is 1. The Bertz CT molecular complexity index is 446. The first-order chi connectivity index (χ1) is 9.65. The summed E-state index contributed by atoms with van der Waals surface area (Å²) in [4.78, 5) is 14.2. The molecule has 1 aromatic carbocycles. The lowest BCUT2D eigenvalue weighted by Gasteiger charge is -2.27. The quantitative estimate of drug-likeness (QED) is 0.860. The molecule has 1 heterocycles. The van der Waals surface area contributed by atoms with Crippen molar-refractivity contribution >= 4 is 17.5 Å². The highest BCUT2D eigenvalue weighted by Gasteiger charge is 2.15. The molecule has 1 fully saturated rings. The Morgan fingerprint density at radius 3 is 2.80 bits per heavy atom. The molecular formula is C15H22ClN3O. The molecule has 5 heteroatoms. The van der Waals surface area contributed by atoms with Gasteiger partial charge in [0.2, 0.25) is 5.91 Å². The number of nitrogens with zero attached hydrogens (tertiary/aromatic N) is 1. The summed E-state index contributed by atoms with van der Waals surface area (Å²) >= 11 is 6.13. The van der Waals surface area contributed by atoms with Gasteiger partial charge in [0.05, 0.1) is 6.54 Å². The van der Waals surface area contributed by atoms with Crippen molar-refractivity contribution in [3.8, 4) is 0 Å². The van der Waals surface area contributed by atoms with E-state index in [9.17, 15) is 4.79 Å². The smallest absolute Gasteiger partial charge is 0.234 e. The number of carbonyl (C=O) groups is 1. The van der Waals surface area contributed by atoms with Crippen molar-refractivity contribution in [1.29, 1.82) is 0 Å². The molecule has 2 rings (SSSR count). The van der Waals surface area contributed by atoms with E-state index in [1.165, 1.54) is 0 Å². The normalized spacial score (nSPS) is 17.7. The molecule has 1 aromatic rings. The van der Waals surface area contributed by atoms with Gasteiger partial charge in [-0.2, -0.15) is 0 Å². The molecule has 0 radical (unpaired) electrons. The minimum Gasteiger partial charge on any atom is -0.352 e. The summed E-state index contributed by atoms with van der Waals surface area (Å²) in [5.41, 5.74) is 1.07. The van der Waals surface area contributed by atoms with E-state index in [4.69, 9.17) is 11.6 Å². The third kappa shape index (κ3) is 4.78. The van der Waals surface area contributed by atoms with Crippen LogP contribution in [-0.2, 0) is 11.2 Å². The van der Waals surface area contributed by atoms with Gasteiger partial charge in [-0.3, -0.25) is 9.69 Å². The zero-order valence-electron chi connectivity index (χ0n) is 11.9. The topological polar surface area (TPSA) is 44.4 Å². The van der Waals surface area contributed by atoms with Crippen LogP contribution in [0.2, 0.25) is 5.02 Å². The first-order valence-electron chi connectivity index (χ1n) is 7.11. The van der Waals surface area contributed by atoms with E-state index in [1.54, 1.807) is 0 Å². The summed E-state index contributed by atoms with van der Waals surface area (Å²) in [6, 6.07) is 7.86. The summed E-state index contributed by atoms with van der Waals surface area (Å²) in [5, 5.41) is 7.08. The maximum atomic E-state index is 12.0. The Labute approximate surface area is 125 Å². The SMILES string of the molecule is CC(Cc1ccccc1Cl)NC(=O)CN1CCNCC1. The predicted octanol–water partition coefficient (Wildman–Crippen LogP) is 1.29. The van der Waals surface area contributed by atoms with Crippen molar-refractivity contribution in [2.45, 2.75) is 19.4 Å². The predicted molar refractivity (Wildman–Crippen MR) is 82.1 cm³/mol. The number of rotatable bonds is 5. The lowest BCUT2D eigenvalue weighted by Crippen LogP contribution is -2.48. The maximum absolute atomic E-state index is 12.0. The van der Waals surface area contributed by atoms with Crippen LogP contribution in [0.5, 0.6) is 0 Å². The van der Waals surface area contributed by atoms with Gasteiger partial charge in [0.25, 0.3) is 0 Å². The molecule has 0 saturated carbocycles. The van der Waals surface area contributed by atoms with Crippen LogP contribution >= 0.6 is 11.6 Å². The van der Waals surface area contributed by atoms with E-state index in [0.29, 0.717) is 6.54 Å². The van der Waals surface area contributed by atoms with E-state index in [-0.39, 0.29) is 11.9 Å². The Kier molecular flexibility index (Phi) is 5.83. The van der Waals surface area contributed by atoms with Crippen LogP contribution in [0.15, 0.2) is 24.3 Å². The third-order valence-electron chi connectivity index (χ3n) is 3.47. The first-order valence-corrected chi connectivity index (χ1v) is 7.49. The van der Waals surface area contributed by atoms with Crippen LogP contribution in [0.4, 0.5) is 0 Å². The van der Waals surface area contributed by atoms with Crippen LogP contribution in [0.1, 0.15) is 12.5 Å². The first kappa shape index (κ1) is 15.3. The Balaban J connectivity index is 1.77.